The van der Waals surface area contributed by atoms with E-state index in [9.17, 15) is 9.59 Å². The Hall–Kier alpha value is -2.55. The van der Waals surface area contributed by atoms with Crippen LogP contribution >= 0.6 is 11.3 Å². The molecule has 2 aromatic rings. The molecule has 138 valence electrons. The molecule has 26 heavy (non-hydrogen) atoms. The van der Waals surface area contributed by atoms with Crippen LogP contribution < -0.4 is 10.2 Å². The van der Waals surface area contributed by atoms with Gasteiger partial charge in [-0.1, -0.05) is 11.3 Å². The molecule has 1 aliphatic rings. The van der Waals surface area contributed by atoms with Crippen molar-refractivity contribution >= 4 is 34.2 Å². The zero-order valence-electron chi connectivity index (χ0n) is 14.8. The van der Waals surface area contributed by atoms with Crippen molar-refractivity contribution in [2.24, 2.45) is 0 Å². The Bertz CT molecular complexity index is 784. The molecule has 0 atom stereocenters. The van der Waals surface area contributed by atoms with Crippen LogP contribution in [-0.4, -0.2) is 46.8 Å². The summed E-state index contributed by atoms with van der Waals surface area (Å²) in [6.07, 6.45) is 3.54. The number of amides is 1. The molecule has 1 fully saturated rings. The number of aromatic nitrogens is 3. The van der Waals surface area contributed by atoms with Gasteiger partial charge in [-0.25, -0.2) is 9.78 Å². The van der Waals surface area contributed by atoms with Gasteiger partial charge in [0.15, 0.2) is 16.6 Å². The topological polar surface area (TPSA) is 97.3 Å². The summed E-state index contributed by atoms with van der Waals surface area (Å²) in [4.78, 5) is 30.9. The molecule has 1 N–H and O–H groups in total. The molecule has 2 aromatic heterocycles. The average molecular weight is 375 g/mol. The Morgan fingerprint density at radius 3 is 2.65 bits per heavy atom. The minimum absolute atomic E-state index is 0.205. The van der Waals surface area contributed by atoms with E-state index in [-0.39, 0.29) is 12.3 Å². The highest BCUT2D eigenvalue weighted by atomic mass is 32.1. The Morgan fingerprint density at radius 1 is 1.23 bits per heavy atom. The van der Waals surface area contributed by atoms with Gasteiger partial charge in [0, 0.05) is 13.1 Å². The predicted octanol–water partition coefficient (Wildman–Crippen LogP) is 2.66. The fourth-order valence-corrected chi connectivity index (χ4v) is 3.59. The van der Waals surface area contributed by atoms with E-state index in [0.29, 0.717) is 15.7 Å². The second-order valence-electron chi connectivity index (χ2n) is 5.93. The minimum Gasteiger partial charge on any atom is -0.462 e. The van der Waals surface area contributed by atoms with Gasteiger partial charge in [-0.05, 0) is 45.2 Å². The summed E-state index contributed by atoms with van der Waals surface area (Å²) in [6.45, 7) is 5.66. The number of anilines is 2. The van der Waals surface area contributed by atoms with Crippen molar-refractivity contribution in [1.29, 1.82) is 0 Å². The highest BCUT2D eigenvalue weighted by Gasteiger charge is 2.19. The molecule has 3 rings (SSSR count). The third-order valence-electron chi connectivity index (χ3n) is 4.04. The first-order chi connectivity index (χ1) is 12.6. The zero-order valence-corrected chi connectivity index (χ0v) is 15.6. The van der Waals surface area contributed by atoms with E-state index in [1.165, 1.54) is 6.42 Å². The molecule has 0 unspecified atom stereocenters. The lowest BCUT2D eigenvalue weighted by Gasteiger charge is -2.27. The molecule has 1 aliphatic heterocycles. The highest BCUT2D eigenvalue weighted by molar-refractivity contribution is 7.17. The van der Waals surface area contributed by atoms with Crippen LogP contribution in [0.3, 0.4) is 0 Å². The number of carbonyl (C=O) groups is 2. The maximum atomic E-state index is 12.3. The summed E-state index contributed by atoms with van der Waals surface area (Å²) in [5, 5.41) is 11.2. The maximum Gasteiger partial charge on any atom is 0.350 e. The number of carbonyl (C=O) groups excluding carboxylic acids is 2. The van der Waals surface area contributed by atoms with E-state index in [4.69, 9.17) is 4.74 Å². The molecule has 0 aliphatic carbocycles. The molecule has 1 amide bonds. The zero-order chi connectivity index (χ0) is 18.5. The van der Waals surface area contributed by atoms with E-state index >= 15 is 0 Å². The quantitative estimate of drug-likeness (QED) is 0.802. The van der Waals surface area contributed by atoms with E-state index in [2.05, 4.69) is 25.4 Å². The molecule has 0 saturated carbocycles. The fraction of sp³-hybridized carbons (Fsp3) is 0.471. The van der Waals surface area contributed by atoms with Gasteiger partial charge >= 0.3 is 5.97 Å². The number of rotatable bonds is 5. The van der Waals surface area contributed by atoms with Crippen LogP contribution in [0, 0.1) is 6.92 Å². The fourth-order valence-electron chi connectivity index (χ4n) is 2.74. The molecule has 1 saturated heterocycles. The number of aryl methyl sites for hydroxylation is 1. The summed E-state index contributed by atoms with van der Waals surface area (Å²) in [6, 6.07) is 3.46. The van der Waals surface area contributed by atoms with Crippen molar-refractivity contribution in [2.75, 3.05) is 29.9 Å². The van der Waals surface area contributed by atoms with Crippen LogP contribution in [0.25, 0.3) is 0 Å². The van der Waals surface area contributed by atoms with E-state index in [1.54, 1.807) is 19.9 Å². The first-order valence-electron chi connectivity index (χ1n) is 8.63. The van der Waals surface area contributed by atoms with Gasteiger partial charge in [-0.3, -0.25) is 10.1 Å². The molecule has 8 nitrogen and oxygen atoms in total. The van der Waals surface area contributed by atoms with Gasteiger partial charge in [0.2, 0.25) is 0 Å². The van der Waals surface area contributed by atoms with Crippen LogP contribution in [0.2, 0.25) is 0 Å². The average Bonchev–Trinajstić information content (AvgIpc) is 3.03. The summed E-state index contributed by atoms with van der Waals surface area (Å²) < 4.78 is 4.97. The van der Waals surface area contributed by atoms with Crippen LogP contribution in [0.4, 0.5) is 10.9 Å². The van der Waals surface area contributed by atoms with Crippen LogP contribution in [0.1, 0.15) is 52.0 Å². The Labute approximate surface area is 155 Å². The lowest BCUT2D eigenvalue weighted by Crippen LogP contribution is -2.30. The summed E-state index contributed by atoms with van der Waals surface area (Å²) in [7, 11) is 0. The first-order valence-corrected chi connectivity index (χ1v) is 9.44. The summed E-state index contributed by atoms with van der Waals surface area (Å²) in [5.41, 5.74) is 0.728. The van der Waals surface area contributed by atoms with E-state index in [1.807, 2.05) is 6.07 Å². The molecule has 0 radical (unpaired) electrons. The molecular formula is C17H21N5O3S. The second kappa shape index (κ2) is 8.22. The normalized spacial score (nSPS) is 14.2. The summed E-state index contributed by atoms with van der Waals surface area (Å²) in [5.74, 6) is -0.0588. The molecule has 0 aromatic carbocycles. The second-order valence-corrected chi connectivity index (χ2v) is 6.93. The minimum atomic E-state index is -0.436. The number of thiazole rings is 1. The third kappa shape index (κ3) is 4.16. The van der Waals surface area contributed by atoms with Gasteiger partial charge in [-0.2, -0.15) is 0 Å². The number of piperidine rings is 1. The van der Waals surface area contributed by atoms with Gasteiger partial charge in [0.1, 0.15) is 4.88 Å². The van der Waals surface area contributed by atoms with Gasteiger partial charge in [-0.15, -0.1) is 10.2 Å². The lowest BCUT2D eigenvalue weighted by molar-refractivity contribution is 0.0531. The van der Waals surface area contributed by atoms with Crippen LogP contribution in [-0.2, 0) is 4.74 Å². The van der Waals surface area contributed by atoms with Gasteiger partial charge in [0.05, 0.1) is 12.3 Å². The predicted molar refractivity (Wildman–Crippen MR) is 98.9 cm³/mol. The largest absolute Gasteiger partial charge is 0.462 e. The van der Waals surface area contributed by atoms with Crippen LogP contribution in [0.15, 0.2) is 12.1 Å². The lowest BCUT2D eigenvalue weighted by atomic mass is 10.1. The van der Waals surface area contributed by atoms with Gasteiger partial charge in [0.25, 0.3) is 5.91 Å². The van der Waals surface area contributed by atoms with Crippen molar-refractivity contribution < 1.29 is 14.3 Å². The first kappa shape index (κ1) is 18.2. The third-order valence-corrected chi connectivity index (χ3v) is 5.09. The number of nitrogens with one attached hydrogen (secondary N) is 1. The highest BCUT2D eigenvalue weighted by Crippen LogP contribution is 2.24. The van der Waals surface area contributed by atoms with Crippen LogP contribution in [0.5, 0.6) is 0 Å². The number of hydrogen-bond donors (Lipinski definition) is 1. The smallest absolute Gasteiger partial charge is 0.350 e. The number of hydrogen-bond acceptors (Lipinski definition) is 8. The standard InChI is InChI=1S/C17H21N5O3S/c1-3-25-16(24)14-11(2)18-17(26-14)19-15(23)12-7-8-13(21-20-12)22-9-5-4-6-10-22/h7-8H,3-6,9-10H2,1-2H3,(H,18,19,23). The summed E-state index contributed by atoms with van der Waals surface area (Å²) >= 11 is 1.08. The molecule has 0 spiro atoms. The number of esters is 1. The Kier molecular flexibility index (Phi) is 5.77. The van der Waals surface area contributed by atoms with Gasteiger partial charge < -0.3 is 9.64 Å². The molecular weight excluding hydrogens is 354 g/mol. The molecule has 3 heterocycles. The monoisotopic (exact) mass is 375 g/mol. The van der Waals surface area contributed by atoms with Crippen molar-refractivity contribution in [2.45, 2.75) is 33.1 Å². The Morgan fingerprint density at radius 2 is 2.00 bits per heavy atom. The molecule has 0 bridgehead atoms. The molecule has 9 heteroatoms. The van der Waals surface area contributed by atoms with E-state index < -0.39 is 11.9 Å². The number of ether oxygens (including phenoxy) is 1. The van der Waals surface area contributed by atoms with Crippen molar-refractivity contribution in [3.05, 3.63) is 28.4 Å². The maximum absolute atomic E-state index is 12.3. The number of nitrogens with zero attached hydrogens (tertiary/aromatic N) is 4. The van der Waals surface area contributed by atoms with E-state index in [0.717, 1.165) is 43.1 Å². The van der Waals surface area contributed by atoms with Crippen molar-refractivity contribution in [1.82, 2.24) is 15.2 Å². The SMILES string of the molecule is CCOC(=O)c1sc(NC(=O)c2ccc(N3CCCCC3)nn2)nc1C. The van der Waals surface area contributed by atoms with Crippen molar-refractivity contribution in [3.63, 3.8) is 0 Å². The van der Waals surface area contributed by atoms with Crippen molar-refractivity contribution in [3.8, 4) is 0 Å². The Balaban J connectivity index is 1.66.